The molecule has 0 bridgehead atoms. The molecule has 2 aromatic rings. The third-order valence-corrected chi connectivity index (χ3v) is 4.26. The van der Waals surface area contributed by atoms with Gasteiger partial charge >= 0.3 is 11.9 Å². The van der Waals surface area contributed by atoms with Crippen LogP contribution in [0.25, 0.3) is 0 Å². The van der Waals surface area contributed by atoms with Crippen LogP contribution in [0.2, 0.25) is 0 Å². The van der Waals surface area contributed by atoms with Crippen LogP contribution in [0.4, 0.5) is 0 Å². The van der Waals surface area contributed by atoms with Crippen molar-refractivity contribution < 1.29 is 33.0 Å². The summed E-state index contributed by atoms with van der Waals surface area (Å²) in [5.74, 6) is -3.05. The molecule has 0 aliphatic carbocycles. The van der Waals surface area contributed by atoms with E-state index in [1.54, 1.807) is 0 Å². The maximum atomic E-state index is 12.5. The summed E-state index contributed by atoms with van der Waals surface area (Å²) in [6, 6.07) is 6.21. The summed E-state index contributed by atoms with van der Waals surface area (Å²) in [6.45, 7) is -0.778. The number of nitrogens with zero attached hydrogens (tertiary/aromatic N) is 2. The molecule has 0 saturated heterocycles. The second-order valence-electron chi connectivity index (χ2n) is 4.37. The number of rotatable bonds is 6. The van der Waals surface area contributed by atoms with Crippen molar-refractivity contribution in [1.82, 2.24) is 9.19 Å². The van der Waals surface area contributed by atoms with Gasteiger partial charge in [-0.05, 0) is 18.2 Å². The predicted octanol–water partition coefficient (Wildman–Crippen LogP) is -0.358. The third-order valence-electron chi connectivity index (χ3n) is 2.70. The zero-order valence-electron chi connectivity index (χ0n) is 11.8. The number of carboxylic acid groups (broad SMARTS) is 2. The minimum Gasteiger partial charge on any atom is -0.479 e. The number of ether oxygens (including phenoxy) is 1. The molecule has 0 unspecified atom stereocenters. The van der Waals surface area contributed by atoms with Crippen molar-refractivity contribution in [2.24, 2.45) is 0 Å². The third kappa shape index (κ3) is 3.57. The van der Waals surface area contributed by atoms with Gasteiger partial charge in [0.2, 0.25) is 5.88 Å². The normalized spacial score (nSPS) is 11.0. The van der Waals surface area contributed by atoms with Gasteiger partial charge in [-0.15, -0.1) is 9.19 Å². The molecule has 1 aromatic carbocycles. The van der Waals surface area contributed by atoms with Crippen molar-refractivity contribution in [3.8, 4) is 5.88 Å². The summed E-state index contributed by atoms with van der Waals surface area (Å²) in [7, 11) is -4.48. The molecule has 2 rings (SSSR count). The number of hydrogen-bond acceptors (Lipinski definition) is 7. The van der Waals surface area contributed by atoms with E-state index in [1.807, 2.05) is 0 Å². The van der Waals surface area contributed by atoms with Crippen molar-refractivity contribution in [3.63, 3.8) is 0 Å². The zero-order chi connectivity index (χ0) is 17.9. The molecule has 0 saturated carbocycles. The molecule has 10 nitrogen and oxygen atoms in total. The van der Waals surface area contributed by atoms with Gasteiger partial charge < -0.3 is 14.9 Å². The molecular weight excluding hydrogens is 344 g/mol. The largest absolute Gasteiger partial charge is 0.479 e. The van der Waals surface area contributed by atoms with E-state index in [0.717, 1.165) is 24.3 Å². The number of carbonyl (C=O) groups is 2. The van der Waals surface area contributed by atoms with E-state index in [0.29, 0.717) is 0 Å². The second-order valence-corrected chi connectivity index (χ2v) is 6.14. The number of aromatic nitrogens is 2. The smallest absolute Gasteiger partial charge is 0.341 e. The van der Waals surface area contributed by atoms with Crippen molar-refractivity contribution in [2.75, 3.05) is 6.61 Å². The highest BCUT2D eigenvalue weighted by Gasteiger charge is 2.22. The van der Waals surface area contributed by atoms with E-state index < -0.39 is 44.9 Å². The van der Waals surface area contributed by atoms with Gasteiger partial charge in [0.15, 0.2) is 6.61 Å². The average Bonchev–Trinajstić information content (AvgIpc) is 2.54. The molecule has 0 atom stereocenters. The van der Waals surface area contributed by atoms with Gasteiger partial charge in [0.25, 0.3) is 15.6 Å². The van der Waals surface area contributed by atoms with Gasteiger partial charge in [-0.2, -0.15) is 8.42 Å². The van der Waals surface area contributed by atoms with E-state index in [2.05, 4.69) is 5.10 Å². The molecule has 2 N–H and O–H groups in total. The maximum Gasteiger partial charge on any atom is 0.341 e. The van der Waals surface area contributed by atoms with Crippen LogP contribution in [-0.4, -0.2) is 46.4 Å². The molecule has 0 radical (unpaired) electrons. The summed E-state index contributed by atoms with van der Waals surface area (Å²) in [6.07, 6.45) is 0. The highest BCUT2D eigenvalue weighted by molar-refractivity contribution is 7.89. The van der Waals surface area contributed by atoms with Crippen LogP contribution in [0.3, 0.4) is 0 Å². The fraction of sp³-hybridized carbons (Fsp3) is 0.0769. The fourth-order valence-corrected chi connectivity index (χ4v) is 2.86. The minimum atomic E-state index is -4.48. The number of benzene rings is 1. The topological polar surface area (TPSA) is 153 Å². The van der Waals surface area contributed by atoms with Gasteiger partial charge in [0.1, 0.15) is 0 Å². The molecule has 0 fully saturated rings. The van der Waals surface area contributed by atoms with Crippen molar-refractivity contribution in [3.05, 3.63) is 52.3 Å². The average molecular weight is 354 g/mol. The van der Waals surface area contributed by atoms with Crippen LogP contribution in [0.1, 0.15) is 10.4 Å². The Morgan fingerprint density at radius 2 is 1.88 bits per heavy atom. The standard InChI is InChI=1S/C13H10N2O8S/c16-11-5-4-10(23-7-12(17)18)14-15(11)24(21,22)9-3-1-2-8(6-9)13(19)20/h1-6H,7H2,(H,17,18)(H,19,20). The molecule has 0 spiro atoms. The Kier molecular flexibility index (Phi) is 4.64. The van der Waals surface area contributed by atoms with Gasteiger partial charge in [-0.25, -0.2) is 9.59 Å². The van der Waals surface area contributed by atoms with Gasteiger partial charge in [0.05, 0.1) is 10.5 Å². The van der Waals surface area contributed by atoms with E-state index in [9.17, 15) is 22.8 Å². The molecular formula is C13H10N2O8S. The SMILES string of the molecule is O=C(O)COc1ccc(=O)n(S(=O)(=O)c2cccc(C(=O)O)c2)n1. The molecule has 1 aromatic heterocycles. The van der Waals surface area contributed by atoms with Crippen molar-refractivity contribution in [2.45, 2.75) is 4.90 Å². The first-order valence-electron chi connectivity index (χ1n) is 6.26. The van der Waals surface area contributed by atoms with Crippen LogP contribution < -0.4 is 10.3 Å². The molecule has 0 aliphatic heterocycles. The lowest BCUT2D eigenvalue weighted by Gasteiger charge is -2.08. The number of carboxylic acids is 2. The molecule has 126 valence electrons. The van der Waals surface area contributed by atoms with Crippen LogP contribution in [0, 0.1) is 0 Å². The Morgan fingerprint density at radius 1 is 1.17 bits per heavy atom. The van der Waals surface area contributed by atoms with E-state index in [4.69, 9.17) is 14.9 Å². The molecule has 1 heterocycles. The van der Waals surface area contributed by atoms with Gasteiger partial charge in [-0.1, -0.05) is 6.07 Å². The molecule has 0 aliphatic rings. The molecule has 11 heteroatoms. The van der Waals surface area contributed by atoms with Crippen LogP contribution in [-0.2, 0) is 14.8 Å². The quantitative estimate of drug-likeness (QED) is 0.708. The lowest BCUT2D eigenvalue weighted by atomic mass is 10.2. The fourth-order valence-electron chi connectivity index (χ4n) is 1.65. The monoisotopic (exact) mass is 354 g/mol. The lowest BCUT2D eigenvalue weighted by molar-refractivity contribution is -0.139. The van der Waals surface area contributed by atoms with Gasteiger partial charge in [-0.3, -0.25) is 4.79 Å². The summed E-state index contributed by atoms with van der Waals surface area (Å²) in [5.41, 5.74) is -1.30. The van der Waals surface area contributed by atoms with Crippen LogP contribution >= 0.6 is 0 Å². The second kappa shape index (κ2) is 6.50. The van der Waals surface area contributed by atoms with E-state index in [1.165, 1.54) is 12.1 Å². The predicted molar refractivity (Wildman–Crippen MR) is 77.6 cm³/mol. The Labute approximate surface area is 134 Å². The molecule has 24 heavy (non-hydrogen) atoms. The number of aliphatic carboxylic acids is 1. The van der Waals surface area contributed by atoms with E-state index in [-0.39, 0.29) is 9.65 Å². The summed E-state index contributed by atoms with van der Waals surface area (Å²) >= 11 is 0. The van der Waals surface area contributed by atoms with Crippen LogP contribution in [0.5, 0.6) is 5.88 Å². The lowest BCUT2D eigenvalue weighted by Crippen LogP contribution is -2.30. The minimum absolute atomic E-state index is 0.102. The Hall–Kier alpha value is -3.21. The Balaban J connectivity index is 2.51. The first-order chi connectivity index (χ1) is 11.2. The maximum absolute atomic E-state index is 12.5. The van der Waals surface area contributed by atoms with Gasteiger partial charge in [0, 0.05) is 12.1 Å². The highest BCUT2D eigenvalue weighted by Crippen LogP contribution is 2.14. The zero-order valence-corrected chi connectivity index (χ0v) is 12.6. The van der Waals surface area contributed by atoms with Crippen molar-refractivity contribution >= 4 is 22.0 Å². The van der Waals surface area contributed by atoms with Crippen LogP contribution in [0.15, 0.2) is 46.1 Å². The number of aromatic carboxylic acids is 1. The molecule has 0 amide bonds. The number of hydrogen-bond donors (Lipinski definition) is 2. The highest BCUT2D eigenvalue weighted by atomic mass is 32.2. The first kappa shape index (κ1) is 17.1. The van der Waals surface area contributed by atoms with E-state index >= 15 is 0 Å². The first-order valence-corrected chi connectivity index (χ1v) is 7.70. The summed E-state index contributed by atoms with van der Waals surface area (Å²) < 4.78 is 29.7. The summed E-state index contributed by atoms with van der Waals surface area (Å²) in [4.78, 5) is 32.7. The Morgan fingerprint density at radius 3 is 2.50 bits per heavy atom. The van der Waals surface area contributed by atoms with Crippen molar-refractivity contribution in [1.29, 1.82) is 0 Å². The summed E-state index contributed by atoms with van der Waals surface area (Å²) in [5, 5.41) is 20.9. The Bertz CT molecular complexity index is 964.